The number of rotatable bonds is 11. The van der Waals surface area contributed by atoms with E-state index in [1.54, 1.807) is 18.3 Å². The molecule has 1 aliphatic rings. The monoisotopic (exact) mass is 616 g/mol. The van der Waals surface area contributed by atoms with Gasteiger partial charge in [0.15, 0.2) is 0 Å². The molecule has 222 valence electrons. The Morgan fingerprint density at radius 1 is 0.953 bits per heavy atom. The normalized spacial score (nSPS) is 14.6. The van der Waals surface area contributed by atoms with Crippen LogP contribution in [0.4, 0.5) is 5.95 Å². The van der Waals surface area contributed by atoms with Crippen molar-refractivity contribution in [2.75, 3.05) is 24.5 Å². The third kappa shape index (κ3) is 7.72. The first-order valence-corrected chi connectivity index (χ1v) is 15.2. The van der Waals surface area contributed by atoms with Crippen molar-refractivity contribution in [1.29, 1.82) is 0 Å². The van der Waals surface area contributed by atoms with Gasteiger partial charge in [-0.05, 0) is 85.5 Å². The number of hydrogen-bond donors (Lipinski definition) is 1. The molecular formula is C34H34Cl2N4O3. The molecule has 0 unspecified atom stereocenters. The number of halogens is 2. The number of aryl methyl sites for hydroxylation is 3. The second-order valence-electron chi connectivity index (χ2n) is 10.9. The quantitative estimate of drug-likeness (QED) is 0.195. The van der Waals surface area contributed by atoms with Gasteiger partial charge in [0.2, 0.25) is 5.95 Å². The number of anilines is 1. The van der Waals surface area contributed by atoms with E-state index in [-0.39, 0.29) is 12.6 Å². The molecule has 7 nitrogen and oxygen atoms in total. The Balaban J connectivity index is 1.45. The summed E-state index contributed by atoms with van der Waals surface area (Å²) < 4.78 is 0. The van der Waals surface area contributed by atoms with Crippen LogP contribution in [0.3, 0.4) is 0 Å². The van der Waals surface area contributed by atoms with Crippen molar-refractivity contribution in [2.45, 2.75) is 45.1 Å². The van der Waals surface area contributed by atoms with E-state index in [1.165, 1.54) is 16.0 Å². The highest BCUT2D eigenvalue weighted by Crippen LogP contribution is 2.35. The van der Waals surface area contributed by atoms with Crippen LogP contribution in [-0.2, 0) is 24.1 Å². The van der Waals surface area contributed by atoms with Crippen LogP contribution in [0.25, 0.3) is 0 Å². The van der Waals surface area contributed by atoms with E-state index in [4.69, 9.17) is 28.2 Å². The van der Waals surface area contributed by atoms with Crippen LogP contribution in [0.5, 0.6) is 0 Å². The molecular weight excluding hydrogens is 583 g/mol. The molecule has 9 heteroatoms. The van der Waals surface area contributed by atoms with Crippen LogP contribution in [0, 0.1) is 6.92 Å². The Hall–Kier alpha value is -3.94. The molecule has 1 amide bonds. The summed E-state index contributed by atoms with van der Waals surface area (Å²) in [5.41, 5.74) is 5.39. The zero-order valence-corrected chi connectivity index (χ0v) is 25.6. The summed E-state index contributed by atoms with van der Waals surface area (Å²) in [5, 5.41) is 11.0. The molecule has 0 radical (unpaired) electrons. The molecule has 3 aromatic carbocycles. The summed E-state index contributed by atoms with van der Waals surface area (Å²) >= 11 is 12.2. The van der Waals surface area contributed by atoms with Crippen molar-refractivity contribution in [1.82, 2.24) is 14.9 Å². The largest absolute Gasteiger partial charge is 0.480 e. The molecule has 0 aliphatic carbocycles. The maximum Gasteiger partial charge on any atom is 0.323 e. The second kappa shape index (κ2) is 14.0. The van der Waals surface area contributed by atoms with Gasteiger partial charge in [0.1, 0.15) is 6.54 Å². The first-order chi connectivity index (χ1) is 20.8. The number of carbonyl (C=O) groups is 2. The third-order valence-corrected chi connectivity index (χ3v) is 8.44. The Morgan fingerprint density at radius 3 is 2.35 bits per heavy atom. The molecule has 43 heavy (non-hydrogen) atoms. The molecule has 0 saturated carbocycles. The van der Waals surface area contributed by atoms with Crippen LogP contribution in [0.2, 0.25) is 10.0 Å². The number of hydrogen-bond acceptors (Lipinski definition) is 5. The van der Waals surface area contributed by atoms with E-state index >= 15 is 0 Å². The van der Waals surface area contributed by atoms with Gasteiger partial charge in [0, 0.05) is 29.3 Å². The van der Waals surface area contributed by atoms with Gasteiger partial charge in [-0.1, -0.05) is 71.7 Å². The van der Waals surface area contributed by atoms with Gasteiger partial charge in [-0.2, -0.15) is 0 Å². The Morgan fingerprint density at radius 2 is 1.65 bits per heavy atom. The first kappa shape index (κ1) is 30.5. The molecule has 1 aromatic heterocycles. The number of carboxylic acid groups (broad SMARTS) is 1. The zero-order chi connectivity index (χ0) is 30.3. The summed E-state index contributed by atoms with van der Waals surface area (Å²) in [6, 6.07) is 23.4. The Labute approximate surface area is 262 Å². The van der Waals surface area contributed by atoms with E-state index in [2.05, 4.69) is 28.9 Å². The maximum atomic E-state index is 13.9. The number of carboxylic acids is 1. The van der Waals surface area contributed by atoms with Crippen molar-refractivity contribution >= 4 is 41.0 Å². The van der Waals surface area contributed by atoms with Crippen molar-refractivity contribution in [3.63, 3.8) is 0 Å². The fourth-order valence-corrected chi connectivity index (χ4v) is 5.85. The lowest BCUT2D eigenvalue weighted by Crippen LogP contribution is -2.38. The number of aliphatic carboxylic acids is 1. The maximum absolute atomic E-state index is 13.9. The van der Waals surface area contributed by atoms with Gasteiger partial charge in [0.25, 0.3) is 5.91 Å². The average molecular weight is 618 g/mol. The topological polar surface area (TPSA) is 86.6 Å². The van der Waals surface area contributed by atoms with E-state index in [0.29, 0.717) is 46.5 Å². The van der Waals surface area contributed by atoms with Crippen LogP contribution in [-0.4, -0.2) is 51.5 Å². The van der Waals surface area contributed by atoms with Crippen molar-refractivity contribution in [3.8, 4) is 0 Å². The minimum Gasteiger partial charge on any atom is -0.480 e. The average Bonchev–Trinajstić information content (AvgIpc) is 3.49. The fourth-order valence-electron chi connectivity index (χ4n) is 5.60. The standard InChI is InChI=1S/C34H34Cl2N4O3/c1-23-5-2-3-6-25(23)12-17-30-29(33(43)39(22-32(41)42)20-18-24-8-13-27(35)14-9-24)21-37-34(38-30)40-19-4-7-31(40)26-10-15-28(36)16-11-26/h2-3,5-6,8-11,13-16,21,31H,4,7,12,17-20,22H2,1H3,(H,41,42)/t31-/m0/s1. The molecule has 0 bridgehead atoms. The molecule has 1 atom stereocenters. The highest BCUT2D eigenvalue weighted by Gasteiger charge is 2.30. The summed E-state index contributed by atoms with van der Waals surface area (Å²) in [5.74, 6) is -0.899. The minimum absolute atomic E-state index is 0.103. The third-order valence-electron chi connectivity index (χ3n) is 7.94. The van der Waals surface area contributed by atoms with E-state index in [1.807, 2.05) is 48.5 Å². The first-order valence-electron chi connectivity index (χ1n) is 14.5. The molecule has 4 aromatic rings. The van der Waals surface area contributed by atoms with Crippen molar-refractivity contribution in [2.24, 2.45) is 0 Å². The Kier molecular flexibility index (Phi) is 9.95. The molecule has 2 heterocycles. The number of benzene rings is 3. The summed E-state index contributed by atoms with van der Waals surface area (Å²) in [6.07, 6.45) is 5.22. The van der Waals surface area contributed by atoms with E-state index < -0.39 is 18.4 Å². The lowest BCUT2D eigenvalue weighted by Gasteiger charge is -2.27. The number of amides is 1. The van der Waals surface area contributed by atoms with Crippen LogP contribution in [0.1, 0.15) is 57.2 Å². The van der Waals surface area contributed by atoms with Gasteiger partial charge >= 0.3 is 5.97 Å². The lowest BCUT2D eigenvalue weighted by atomic mass is 10.0. The van der Waals surface area contributed by atoms with E-state index in [9.17, 15) is 14.7 Å². The van der Waals surface area contributed by atoms with Gasteiger partial charge in [-0.15, -0.1) is 0 Å². The SMILES string of the molecule is Cc1ccccc1CCc1nc(N2CCC[C@H]2c2ccc(Cl)cc2)ncc1C(=O)N(CCc1ccc(Cl)cc1)CC(=O)O. The van der Waals surface area contributed by atoms with Crippen molar-refractivity contribution in [3.05, 3.63) is 123 Å². The van der Waals surface area contributed by atoms with Crippen LogP contribution >= 0.6 is 23.2 Å². The molecule has 0 spiro atoms. The zero-order valence-electron chi connectivity index (χ0n) is 24.0. The Bertz CT molecular complexity index is 1580. The number of carbonyl (C=O) groups excluding carboxylic acids is 1. The highest BCUT2D eigenvalue weighted by atomic mass is 35.5. The van der Waals surface area contributed by atoms with Gasteiger partial charge in [-0.25, -0.2) is 9.97 Å². The fraction of sp³-hybridized carbons (Fsp3) is 0.294. The number of aromatic nitrogens is 2. The summed E-state index contributed by atoms with van der Waals surface area (Å²) in [4.78, 5) is 38.9. The highest BCUT2D eigenvalue weighted by molar-refractivity contribution is 6.30. The van der Waals surface area contributed by atoms with Gasteiger partial charge in [0.05, 0.1) is 17.3 Å². The molecule has 1 saturated heterocycles. The number of nitrogens with zero attached hydrogens (tertiary/aromatic N) is 4. The predicted molar refractivity (Wildman–Crippen MR) is 170 cm³/mol. The van der Waals surface area contributed by atoms with E-state index in [0.717, 1.165) is 30.5 Å². The summed E-state index contributed by atoms with van der Waals surface area (Å²) in [7, 11) is 0. The molecule has 1 aliphatic heterocycles. The van der Waals surface area contributed by atoms with Gasteiger partial charge in [-0.3, -0.25) is 9.59 Å². The molecule has 5 rings (SSSR count). The van der Waals surface area contributed by atoms with Gasteiger partial charge < -0.3 is 14.9 Å². The smallest absolute Gasteiger partial charge is 0.323 e. The van der Waals surface area contributed by atoms with Crippen LogP contribution < -0.4 is 4.90 Å². The van der Waals surface area contributed by atoms with Crippen LogP contribution in [0.15, 0.2) is 79.0 Å². The second-order valence-corrected chi connectivity index (χ2v) is 11.7. The minimum atomic E-state index is -1.08. The molecule has 1 N–H and O–H groups in total. The summed E-state index contributed by atoms with van der Waals surface area (Å²) in [6.45, 7) is 2.68. The lowest BCUT2D eigenvalue weighted by molar-refractivity contribution is -0.137. The van der Waals surface area contributed by atoms with Crippen molar-refractivity contribution < 1.29 is 14.7 Å². The molecule has 1 fully saturated rings. The predicted octanol–water partition coefficient (Wildman–Crippen LogP) is 6.99.